The standard InChI is InChI=1S/C22H28O3/c1-13-11-16-17-5-6-20(25-14(2)23)22(17,4)10-8-18(16)21(3)9-7-15(24)12-19(13)21/h7,9,12,16-18,20H,1,5-6,8,10-11H2,2-4H3/t16?,17?,18?,20-,21+,22-/m0/s1. The molecule has 4 aliphatic rings. The van der Waals surface area contributed by atoms with E-state index in [-0.39, 0.29) is 28.7 Å². The summed E-state index contributed by atoms with van der Waals surface area (Å²) in [4.78, 5) is 23.4. The number of hydrogen-bond donors (Lipinski definition) is 0. The van der Waals surface area contributed by atoms with Gasteiger partial charge in [-0.2, -0.15) is 0 Å². The SMILES string of the molecule is C=C1CC2C(CC[C@@]3(C)C2CC[C@@H]3OC(C)=O)[C@@]2(C)C=CC(=O)C=C12. The quantitative estimate of drug-likeness (QED) is 0.665. The third-order valence-corrected chi connectivity index (χ3v) is 7.75. The van der Waals surface area contributed by atoms with Gasteiger partial charge in [-0.05, 0) is 67.6 Å². The maximum atomic E-state index is 11.9. The van der Waals surface area contributed by atoms with Gasteiger partial charge in [-0.3, -0.25) is 9.59 Å². The van der Waals surface area contributed by atoms with Gasteiger partial charge in [0.25, 0.3) is 0 Å². The summed E-state index contributed by atoms with van der Waals surface area (Å²) in [5.74, 6) is 1.60. The molecule has 0 aromatic rings. The Morgan fingerprint density at radius 1 is 1.24 bits per heavy atom. The summed E-state index contributed by atoms with van der Waals surface area (Å²) in [5, 5.41) is 0. The van der Waals surface area contributed by atoms with Crippen LogP contribution in [0, 0.1) is 28.6 Å². The summed E-state index contributed by atoms with van der Waals surface area (Å²) in [5.41, 5.74) is 2.29. The second kappa shape index (κ2) is 5.43. The van der Waals surface area contributed by atoms with Crippen LogP contribution in [0.3, 0.4) is 0 Å². The van der Waals surface area contributed by atoms with E-state index in [0.717, 1.165) is 43.3 Å². The average Bonchev–Trinajstić information content (AvgIpc) is 2.86. The lowest BCUT2D eigenvalue weighted by Gasteiger charge is -2.57. The molecule has 0 aliphatic heterocycles. The maximum absolute atomic E-state index is 11.9. The molecule has 3 unspecified atom stereocenters. The molecule has 4 rings (SSSR count). The number of allylic oxidation sites excluding steroid dienone is 5. The highest BCUT2D eigenvalue weighted by Crippen LogP contribution is 2.65. The summed E-state index contributed by atoms with van der Waals surface area (Å²) in [6.07, 6.45) is 11.0. The third kappa shape index (κ3) is 2.31. The molecule has 3 heteroatoms. The third-order valence-electron chi connectivity index (χ3n) is 7.75. The minimum Gasteiger partial charge on any atom is -0.462 e. The molecular weight excluding hydrogens is 312 g/mol. The Labute approximate surface area is 150 Å². The number of fused-ring (bicyclic) bond motifs is 5. The van der Waals surface area contributed by atoms with Crippen molar-refractivity contribution in [1.82, 2.24) is 0 Å². The van der Waals surface area contributed by atoms with Gasteiger partial charge in [0.15, 0.2) is 5.78 Å². The van der Waals surface area contributed by atoms with Gasteiger partial charge in [-0.1, -0.05) is 32.1 Å². The number of rotatable bonds is 1. The normalized spacial score (nSPS) is 45.3. The molecule has 0 aromatic carbocycles. The van der Waals surface area contributed by atoms with E-state index in [4.69, 9.17) is 4.74 Å². The van der Waals surface area contributed by atoms with Gasteiger partial charge >= 0.3 is 5.97 Å². The molecule has 25 heavy (non-hydrogen) atoms. The van der Waals surface area contributed by atoms with Crippen LogP contribution in [0.15, 0.2) is 36.0 Å². The van der Waals surface area contributed by atoms with Gasteiger partial charge in [0, 0.05) is 17.8 Å². The van der Waals surface area contributed by atoms with E-state index in [1.165, 1.54) is 6.92 Å². The molecule has 3 fully saturated rings. The number of esters is 1. The minimum absolute atomic E-state index is 0.0532. The van der Waals surface area contributed by atoms with E-state index in [9.17, 15) is 9.59 Å². The first kappa shape index (κ1) is 16.8. The predicted molar refractivity (Wildman–Crippen MR) is 96.7 cm³/mol. The number of carbonyl (C=O) groups is 2. The molecule has 0 bridgehead atoms. The van der Waals surface area contributed by atoms with Crippen molar-refractivity contribution in [3.8, 4) is 0 Å². The number of ether oxygens (including phenoxy) is 1. The highest BCUT2D eigenvalue weighted by molar-refractivity contribution is 6.01. The van der Waals surface area contributed by atoms with Gasteiger partial charge in [0.05, 0.1) is 0 Å². The monoisotopic (exact) mass is 340 g/mol. The van der Waals surface area contributed by atoms with E-state index < -0.39 is 0 Å². The van der Waals surface area contributed by atoms with Crippen LogP contribution in [0.25, 0.3) is 0 Å². The Hall–Kier alpha value is -1.64. The Kier molecular flexibility index (Phi) is 3.65. The summed E-state index contributed by atoms with van der Waals surface area (Å²) in [7, 11) is 0. The van der Waals surface area contributed by atoms with Crippen molar-refractivity contribution in [2.24, 2.45) is 28.6 Å². The topological polar surface area (TPSA) is 43.4 Å². The molecule has 3 saturated carbocycles. The molecule has 0 spiro atoms. The lowest BCUT2D eigenvalue weighted by Crippen LogP contribution is -2.51. The summed E-state index contributed by atoms with van der Waals surface area (Å²) in [6.45, 7) is 10.5. The van der Waals surface area contributed by atoms with Crippen LogP contribution in [0.4, 0.5) is 0 Å². The number of ketones is 1. The van der Waals surface area contributed by atoms with Crippen LogP contribution < -0.4 is 0 Å². The smallest absolute Gasteiger partial charge is 0.302 e. The predicted octanol–water partition coefficient (Wildman–Crippen LogP) is 4.39. The Morgan fingerprint density at radius 3 is 2.72 bits per heavy atom. The molecule has 134 valence electrons. The fourth-order valence-corrected chi connectivity index (χ4v) is 6.55. The van der Waals surface area contributed by atoms with Crippen molar-refractivity contribution in [3.63, 3.8) is 0 Å². The molecule has 0 aromatic heterocycles. The van der Waals surface area contributed by atoms with Crippen LogP contribution in [0.2, 0.25) is 0 Å². The Balaban J connectivity index is 1.68. The molecule has 3 nitrogen and oxygen atoms in total. The lowest BCUT2D eigenvalue weighted by molar-refractivity contribution is -0.156. The first-order chi connectivity index (χ1) is 11.8. The van der Waals surface area contributed by atoms with Crippen LogP contribution in [0.1, 0.15) is 52.9 Å². The number of hydrogen-bond acceptors (Lipinski definition) is 3. The fraction of sp³-hybridized carbons (Fsp3) is 0.636. The van der Waals surface area contributed by atoms with Crippen molar-refractivity contribution >= 4 is 11.8 Å². The summed E-state index contributed by atoms with van der Waals surface area (Å²) in [6, 6.07) is 0. The Morgan fingerprint density at radius 2 is 2.00 bits per heavy atom. The zero-order valence-corrected chi connectivity index (χ0v) is 15.5. The second-order valence-corrected chi connectivity index (χ2v) is 8.98. The van der Waals surface area contributed by atoms with Crippen molar-refractivity contribution in [2.75, 3.05) is 0 Å². The zero-order chi connectivity index (χ0) is 18.0. The fourth-order valence-electron chi connectivity index (χ4n) is 6.55. The Bertz CT molecular complexity index is 715. The van der Waals surface area contributed by atoms with Gasteiger partial charge in [-0.25, -0.2) is 0 Å². The molecule has 4 aliphatic carbocycles. The maximum Gasteiger partial charge on any atom is 0.302 e. The van der Waals surface area contributed by atoms with Crippen molar-refractivity contribution in [1.29, 1.82) is 0 Å². The highest BCUT2D eigenvalue weighted by atomic mass is 16.5. The van der Waals surface area contributed by atoms with Crippen molar-refractivity contribution in [2.45, 2.75) is 59.0 Å². The first-order valence-electron chi connectivity index (χ1n) is 9.56. The lowest BCUT2D eigenvalue weighted by atomic mass is 9.47. The van der Waals surface area contributed by atoms with Gasteiger partial charge in [-0.15, -0.1) is 0 Å². The number of carbonyl (C=O) groups excluding carboxylic acids is 2. The molecular formula is C22H28O3. The van der Waals surface area contributed by atoms with Gasteiger partial charge < -0.3 is 4.74 Å². The molecule has 0 heterocycles. The van der Waals surface area contributed by atoms with E-state index >= 15 is 0 Å². The van der Waals surface area contributed by atoms with Crippen LogP contribution in [0.5, 0.6) is 0 Å². The van der Waals surface area contributed by atoms with Gasteiger partial charge in [0.1, 0.15) is 6.10 Å². The van der Waals surface area contributed by atoms with Crippen LogP contribution in [-0.4, -0.2) is 17.9 Å². The second-order valence-electron chi connectivity index (χ2n) is 8.98. The van der Waals surface area contributed by atoms with E-state index in [0.29, 0.717) is 17.8 Å². The van der Waals surface area contributed by atoms with Crippen molar-refractivity contribution in [3.05, 3.63) is 36.0 Å². The molecule has 0 saturated heterocycles. The average molecular weight is 340 g/mol. The van der Waals surface area contributed by atoms with E-state index in [1.54, 1.807) is 6.08 Å². The van der Waals surface area contributed by atoms with E-state index in [2.05, 4.69) is 26.5 Å². The highest BCUT2D eigenvalue weighted by Gasteiger charge is 2.60. The largest absolute Gasteiger partial charge is 0.462 e. The zero-order valence-electron chi connectivity index (χ0n) is 15.5. The minimum atomic E-state index is -0.159. The van der Waals surface area contributed by atoms with Crippen molar-refractivity contribution < 1.29 is 14.3 Å². The molecule has 0 amide bonds. The van der Waals surface area contributed by atoms with Crippen LogP contribution in [-0.2, 0) is 14.3 Å². The van der Waals surface area contributed by atoms with Gasteiger partial charge in [0.2, 0.25) is 0 Å². The first-order valence-corrected chi connectivity index (χ1v) is 9.56. The molecule has 0 radical (unpaired) electrons. The van der Waals surface area contributed by atoms with E-state index in [1.807, 2.05) is 6.08 Å². The summed E-state index contributed by atoms with van der Waals surface area (Å²) >= 11 is 0. The molecule has 0 N–H and O–H groups in total. The summed E-state index contributed by atoms with van der Waals surface area (Å²) < 4.78 is 5.70. The van der Waals surface area contributed by atoms with Crippen LogP contribution >= 0.6 is 0 Å². The molecule has 6 atom stereocenters.